The van der Waals surface area contributed by atoms with E-state index in [-0.39, 0.29) is 5.92 Å². The molecule has 2 aliphatic heterocycles. The Labute approximate surface area is 168 Å². The summed E-state index contributed by atoms with van der Waals surface area (Å²) in [6.07, 6.45) is 2.86. The number of hydrogen-bond donors (Lipinski definition) is 0. The Balaban J connectivity index is 1.31. The number of carbonyl (C=O) groups is 1. The van der Waals surface area contributed by atoms with Gasteiger partial charge < -0.3 is 4.90 Å². The molecule has 6 heteroatoms. The van der Waals surface area contributed by atoms with Crippen LogP contribution in [-0.4, -0.2) is 35.3 Å². The molecule has 1 aromatic carbocycles. The largest absolute Gasteiger partial charge is 0.338 e. The van der Waals surface area contributed by atoms with Crippen molar-refractivity contribution >= 4 is 40.4 Å². The van der Waals surface area contributed by atoms with Gasteiger partial charge in [0.05, 0.1) is 0 Å². The van der Waals surface area contributed by atoms with Gasteiger partial charge in [-0.15, -0.1) is 11.3 Å². The molecule has 2 aliphatic rings. The van der Waals surface area contributed by atoms with Crippen molar-refractivity contribution in [1.82, 2.24) is 9.80 Å². The minimum atomic E-state index is 0.159. The first kappa shape index (κ1) is 18.3. The fourth-order valence-electron chi connectivity index (χ4n) is 3.92. The molecular weight excluding hydrogens is 387 g/mol. The summed E-state index contributed by atoms with van der Waals surface area (Å²) < 4.78 is 0. The molecule has 1 amide bonds. The zero-order valence-corrected chi connectivity index (χ0v) is 16.9. The highest BCUT2D eigenvalue weighted by Gasteiger charge is 2.30. The third-order valence-corrected chi connectivity index (χ3v) is 7.08. The van der Waals surface area contributed by atoms with Crippen LogP contribution in [0.5, 0.6) is 0 Å². The van der Waals surface area contributed by atoms with Gasteiger partial charge >= 0.3 is 0 Å². The van der Waals surface area contributed by atoms with E-state index in [2.05, 4.69) is 21.2 Å². The summed E-state index contributed by atoms with van der Waals surface area (Å²) in [6, 6.07) is 7.84. The fourth-order valence-corrected chi connectivity index (χ4v) is 5.28. The van der Waals surface area contributed by atoms with Crippen molar-refractivity contribution in [3.8, 4) is 0 Å². The van der Waals surface area contributed by atoms with Crippen molar-refractivity contribution in [3.05, 3.63) is 55.7 Å². The van der Waals surface area contributed by atoms with E-state index in [1.54, 1.807) is 6.07 Å². The molecule has 0 aliphatic carbocycles. The normalized spacial score (nSPS) is 18.8. The predicted octanol–water partition coefficient (Wildman–Crippen LogP) is 4.85. The molecule has 4 rings (SSSR count). The Morgan fingerprint density at radius 1 is 1.15 bits per heavy atom. The zero-order valence-electron chi connectivity index (χ0n) is 14.6. The van der Waals surface area contributed by atoms with Crippen LogP contribution in [0.25, 0.3) is 0 Å². The number of amides is 1. The predicted molar refractivity (Wildman–Crippen MR) is 108 cm³/mol. The van der Waals surface area contributed by atoms with Crippen LogP contribution in [0.1, 0.15) is 28.8 Å². The number of halogens is 2. The van der Waals surface area contributed by atoms with Crippen molar-refractivity contribution in [3.63, 3.8) is 0 Å². The van der Waals surface area contributed by atoms with Gasteiger partial charge in [0.15, 0.2) is 0 Å². The van der Waals surface area contributed by atoms with Crippen molar-refractivity contribution in [2.45, 2.75) is 32.4 Å². The lowest BCUT2D eigenvalue weighted by Gasteiger charge is -2.35. The minimum Gasteiger partial charge on any atom is -0.338 e. The third-order valence-electron chi connectivity index (χ3n) is 5.47. The van der Waals surface area contributed by atoms with Crippen LogP contribution < -0.4 is 0 Å². The van der Waals surface area contributed by atoms with Crippen LogP contribution in [-0.2, 0) is 24.3 Å². The number of likely N-dealkylation sites (tertiary alicyclic amines) is 1. The molecule has 1 fully saturated rings. The number of piperidine rings is 1. The highest BCUT2D eigenvalue weighted by Crippen LogP contribution is 2.28. The molecule has 1 aromatic heterocycles. The molecule has 0 radical (unpaired) electrons. The molecule has 3 nitrogen and oxygen atoms in total. The van der Waals surface area contributed by atoms with Gasteiger partial charge in [-0.25, -0.2) is 0 Å². The SMILES string of the molecule is O=C(C1CCN(Cc2ccc(Cl)cc2Cl)CC1)N1CCc2sccc2C1. The van der Waals surface area contributed by atoms with Crippen molar-refractivity contribution < 1.29 is 4.79 Å². The van der Waals surface area contributed by atoms with Gasteiger partial charge in [0.1, 0.15) is 0 Å². The van der Waals surface area contributed by atoms with Crippen LogP contribution in [0.15, 0.2) is 29.6 Å². The second-order valence-electron chi connectivity index (χ2n) is 7.16. The van der Waals surface area contributed by atoms with Crippen molar-refractivity contribution in [2.75, 3.05) is 19.6 Å². The van der Waals surface area contributed by atoms with Gasteiger partial charge in [-0.05, 0) is 67.1 Å². The van der Waals surface area contributed by atoms with E-state index in [0.29, 0.717) is 10.9 Å². The first-order valence-corrected chi connectivity index (χ1v) is 10.7. The highest BCUT2D eigenvalue weighted by atomic mass is 35.5. The first-order valence-electron chi connectivity index (χ1n) is 9.10. The summed E-state index contributed by atoms with van der Waals surface area (Å²) in [5, 5.41) is 3.52. The molecule has 3 heterocycles. The standard InChI is InChI=1S/C20H22Cl2N2OS/c21-17-2-1-15(18(22)11-17)12-23-7-3-14(4-8-23)20(25)24-9-5-19-16(13-24)6-10-26-19/h1-2,6,10-11,14H,3-5,7-9,12-13H2. The van der Waals surface area contributed by atoms with E-state index in [4.69, 9.17) is 23.2 Å². The monoisotopic (exact) mass is 408 g/mol. The molecule has 2 aromatic rings. The number of rotatable bonds is 3. The maximum Gasteiger partial charge on any atom is 0.226 e. The lowest BCUT2D eigenvalue weighted by molar-refractivity contribution is -0.138. The van der Waals surface area contributed by atoms with Gasteiger partial charge in [0.2, 0.25) is 5.91 Å². The molecule has 0 atom stereocenters. The number of thiophene rings is 1. The number of benzene rings is 1. The maximum absolute atomic E-state index is 12.9. The number of carbonyl (C=O) groups excluding carboxylic acids is 1. The molecule has 0 unspecified atom stereocenters. The molecule has 0 bridgehead atoms. The van der Waals surface area contributed by atoms with Crippen LogP contribution in [0.4, 0.5) is 0 Å². The summed E-state index contributed by atoms with van der Waals surface area (Å²) in [5.74, 6) is 0.498. The minimum absolute atomic E-state index is 0.159. The topological polar surface area (TPSA) is 23.6 Å². The highest BCUT2D eigenvalue weighted by molar-refractivity contribution is 7.10. The van der Waals surface area contributed by atoms with Crippen LogP contribution in [0, 0.1) is 5.92 Å². The molecule has 1 saturated heterocycles. The second-order valence-corrected chi connectivity index (χ2v) is 9.01. The zero-order chi connectivity index (χ0) is 18.1. The van der Waals surface area contributed by atoms with E-state index in [9.17, 15) is 4.79 Å². The van der Waals surface area contributed by atoms with E-state index >= 15 is 0 Å². The van der Waals surface area contributed by atoms with Gasteiger partial charge in [-0.2, -0.15) is 0 Å². The Kier molecular flexibility index (Phi) is 5.55. The van der Waals surface area contributed by atoms with E-state index in [0.717, 1.165) is 62.6 Å². The third kappa shape index (κ3) is 3.94. The lowest BCUT2D eigenvalue weighted by Crippen LogP contribution is -2.43. The average molecular weight is 409 g/mol. The summed E-state index contributed by atoms with van der Waals surface area (Å²) >= 11 is 14.1. The number of fused-ring (bicyclic) bond motifs is 1. The molecule has 26 heavy (non-hydrogen) atoms. The molecule has 0 spiro atoms. The van der Waals surface area contributed by atoms with E-state index in [1.807, 2.05) is 23.5 Å². The van der Waals surface area contributed by atoms with Crippen LogP contribution >= 0.6 is 34.5 Å². The Bertz CT molecular complexity index is 799. The van der Waals surface area contributed by atoms with Crippen LogP contribution in [0.2, 0.25) is 10.0 Å². The van der Waals surface area contributed by atoms with E-state index in [1.165, 1.54) is 10.4 Å². The lowest BCUT2D eigenvalue weighted by atomic mass is 9.94. The summed E-state index contributed by atoms with van der Waals surface area (Å²) in [4.78, 5) is 18.8. The van der Waals surface area contributed by atoms with Crippen LogP contribution in [0.3, 0.4) is 0 Å². The van der Waals surface area contributed by atoms with Gasteiger partial charge in [0.25, 0.3) is 0 Å². The van der Waals surface area contributed by atoms with Crippen molar-refractivity contribution in [1.29, 1.82) is 0 Å². The quantitative estimate of drug-likeness (QED) is 0.724. The van der Waals surface area contributed by atoms with Gasteiger partial charge in [-0.3, -0.25) is 9.69 Å². The summed E-state index contributed by atoms with van der Waals surface area (Å²) in [5.41, 5.74) is 2.44. The summed E-state index contributed by atoms with van der Waals surface area (Å²) in [7, 11) is 0. The van der Waals surface area contributed by atoms with E-state index < -0.39 is 0 Å². The molecule has 0 saturated carbocycles. The summed E-state index contributed by atoms with van der Waals surface area (Å²) in [6.45, 7) is 4.35. The Hall–Kier alpha value is -1.07. The average Bonchev–Trinajstić information content (AvgIpc) is 3.12. The molecule has 0 N–H and O–H groups in total. The smallest absolute Gasteiger partial charge is 0.226 e. The number of hydrogen-bond acceptors (Lipinski definition) is 3. The first-order chi connectivity index (χ1) is 12.6. The Morgan fingerprint density at radius 3 is 2.73 bits per heavy atom. The van der Waals surface area contributed by atoms with Crippen molar-refractivity contribution in [2.24, 2.45) is 5.92 Å². The fraction of sp³-hybridized carbons (Fsp3) is 0.450. The maximum atomic E-state index is 12.9. The Morgan fingerprint density at radius 2 is 1.96 bits per heavy atom. The number of nitrogens with zero attached hydrogens (tertiary/aromatic N) is 2. The second kappa shape index (κ2) is 7.89. The van der Waals surface area contributed by atoms with Gasteiger partial charge in [0, 0.05) is 40.5 Å². The molecular formula is C20H22Cl2N2OS. The van der Waals surface area contributed by atoms with Gasteiger partial charge in [-0.1, -0.05) is 29.3 Å². The molecule has 138 valence electrons.